The average molecular weight is 302 g/mol. The molecule has 0 saturated heterocycles. The molecule has 1 aromatic carbocycles. The molecule has 0 saturated carbocycles. The Morgan fingerprint density at radius 2 is 2.00 bits per heavy atom. The van der Waals surface area contributed by atoms with Crippen LogP contribution in [0.15, 0.2) is 35.8 Å². The zero-order valence-electron chi connectivity index (χ0n) is 11.3. The number of nitrogens with zero attached hydrogens (tertiary/aromatic N) is 4. The first-order chi connectivity index (χ1) is 10.2. The van der Waals surface area contributed by atoms with Crippen molar-refractivity contribution in [3.63, 3.8) is 0 Å². The molecule has 0 aliphatic heterocycles. The quantitative estimate of drug-likeness (QED) is 0.799. The summed E-state index contributed by atoms with van der Waals surface area (Å²) in [4.78, 5) is 13.0. The number of halogens is 1. The first-order valence-corrected chi connectivity index (χ1v) is 7.23. The first-order valence-electron chi connectivity index (χ1n) is 6.39. The number of quaternary nitrogens is 1. The number of aromatic nitrogens is 4. The lowest BCUT2D eigenvalue weighted by Gasteiger charge is -2.03. The highest BCUT2D eigenvalue weighted by Gasteiger charge is 2.10. The molecule has 2 N–H and O–H groups in total. The molecule has 0 bridgehead atoms. The molecule has 0 amide bonds. The zero-order valence-corrected chi connectivity index (χ0v) is 12.1. The summed E-state index contributed by atoms with van der Waals surface area (Å²) in [6.07, 6.45) is 0.563. The van der Waals surface area contributed by atoms with Crippen LogP contribution in [0.1, 0.15) is 17.1 Å². The molecule has 0 atom stereocenters. The average Bonchev–Trinajstić information content (AvgIpc) is 2.93. The third kappa shape index (κ3) is 3.65. The summed E-state index contributed by atoms with van der Waals surface area (Å²) >= 11 is 1.30. The van der Waals surface area contributed by atoms with E-state index in [0.29, 0.717) is 18.2 Å². The highest BCUT2D eigenvalue weighted by Crippen LogP contribution is 2.10. The highest BCUT2D eigenvalue weighted by atomic mass is 32.1. The molecule has 2 aromatic heterocycles. The van der Waals surface area contributed by atoms with Crippen molar-refractivity contribution in [2.24, 2.45) is 0 Å². The summed E-state index contributed by atoms with van der Waals surface area (Å²) in [6, 6.07) is 8.25. The summed E-state index contributed by atoms with van der Waals surface area (Å²) in [5.74, 6) is 1.87. The summed E-state index contributed by atoms with van der Waals surface area (Å²) in [6.45, 7) is 1.92. The first kappa shape index (κ1) is 13.7. The minimum Gasteiger partial charge on any atom is -0.237 e. The van der Waals surface area contributed by atoms with E-state index in [1.165, 1.54) is 23.7 Å². The molecule has 21 heavy (non-hydrogen) atoms. The monoisotopic (exact) mass is 302 g/mol. The van der Waals surface area contributed by atoms with Crippen LogP contribution >= 0.6 is 11.5 Å². The second-order valence-corrected chi connectivity index (χ2v) is 5.19. The van der Waals surface area contributed by atoms with Gasteiger partial charge >= 0.3 is 5.95 Å². The molecule has 0 aliphatic carbocycles. The maximum absolute atomic E-state index is 12.9. The van der Waals surface area contributed by atoms with Crippen molar-refractivity contribution in [1.82, 2.24) is 19.3 Å². The van der Waals surface area contributed by atoms with Crippen LogP contribution in [-0.4, -0.2) is 19.3 Å². The maximum Gasteiger partial charge on any atom is 0.343 e. The van der Waals surface area contributed by atoms with Gasteiger partial charge in [-0.05, 0) is 36.2 Å². The van der Waals surface area contributed by atoms with Gasteiger partial charge in [0.25, 0.3) is 0 Å². The molecule has 0 spiro atoms. The van der Waals surface area contributed by atoms with Crippen molar-refractivity contribution in [2.75, 3.05) is 0 Å². The number of hydrogen-bond acceptors (Lipinski definition) is 5. The van der Waals surface area contributed by atoms with Gasteiger partial charge in [0.2, 0.25) is 5.82 Å². The predicted molar refractivity (Wildman–Crippen MR) is 77.1 cm³/mol. The molecule has 0 aliphatic rings. The lowest BCUT2D eigenvalue weighted by Crippen LogP contribution is -2.72. The summed E-state index contributed by atoms with van der Waals surface area (Å²) in [7, 11) is 0. The van der Waals surface area contributed by atoms with Crippen LogP contribution in [0.25, 0.3) is 0 Å². The van der Waals surface area contributed by atoms with Crippen LogP contribution in [-0.2, 0) is 6.42 Å². The van der Waals surface area contributed by atoms with Gasteiger partial charge in [0, 0.05) is 18.2 Å². The topological polar surface area (TPSA) is 68.2 Å². The van der Waals surface area contributed by atoms with E-state index in [2.05, 4.69) is 19.3 Å². The second kappa shape index (κ2) is 6.02. The van der Waals surface area contributed by atoms with E-state index in [4.69, 9.17) is 0 Å². The number of rotatable bonds is 4. The van der Waals surface area contributed by atoms with Crippen LogP contribution < -0.4 is 5.32 Å². The summed E-state index contributed by atoms with van der Waals surface area (Å²) in [5, 5.41) is 1.82. The Morgan fingerprint density at radius 3 is 2.71 bits per heavy atom. The molecule has 3 rings (SSSR count). The Kier molecular flexibility index (Phi) is 3.94. The van der Waals surface area contributed by atoms with Crippen molar-refractivity contribution < 1.29 is 9.71 Å². The molecule has 0 radical (unpaired) electrons. The lowest BCUT2D eigenvalue weighted by atomic mass is 10.1. The van der Waals surface area contributed by atoms with Crippen LogP contribution in [0.5, 0.6) is 0 Å². The number of nitrogens with two attached hydrogens (primary N) is 1. The third-order valence-electron chi connectivity index (χ3n) is 2.85. The van der Waals surface area contributed by atoms with Crippen LogP contribution in [0.3, 0.4) is 0 Å². The van der Waals surface area contributed by atoms with E-state index in [-0.39, 0.29) is 5.82 Å². The standard InChI is InChI=1S/C14H12FN5S/c1-9-6-12(19-14-16-8-21-20-14)18-13(17-9)7-10-2-4-11(15)5-3-10/h2-6,8H,7H2,1H3,(H,17,18,19,20)/p+1. The van der Waals surface area contributed by atoms with Gasteiger partial charge in [-0.2, -0.15) is 9.97 Å². The maximum atomic E-state index is 12.9. The van der Waals surface area contributed by atoms with Crippen molar-refractivity contribution in [3.8, 4) is 0 Å². The fourth-order valence-electron chi connectivity index (χ4n) is 1.97. The largest absolute Gasteiger partial charge is 0.343 e. The van der Waals surface area contributed by atoms with Gasteiger partial charge in [-0.15, -0.1) is 4.37 Å². The normalized spacial score (nSPS) is 10.8. The van der Waals surface area contributed by atoms with Crippen molar-refractivity contribution in [1.29, 1.82) is 0 Å². The number of benzene rings is 1. The van der Waals surface area contributed by atoms with Crippen LogP contribution in [0, 0.1) is 12.7 Å². The fourth-order valence-corrected chi connectivity index (χ4v) is 2.38. The van der Waals surface area contributed by atoms with E-state index in [0.717, 1.165) is 17.1 Å². The Hall–Kier alpha value is -2.25. The second-order valence-electron chi connectivity index (χ2n) is 4.59. The van der Waals surface area contributed by atoms with Gasteiger partial charge < -0.3 is 0 Å². The molecule has 7 heteroatoms. The van der Waals surface area contributed by atoms with E-state index >= 15 is 0 Å². The molecule has 5 nitrogen and oxygen atoms in total. The highest BCUT2D eigenvalue weighted by molar-refractivity contribution is 7.03. The molecule has 3 aromatic rings. The van der Waals surface area contributed by atoms with Gasteiger partial charge in [-0.25, -0.2) is 14.7 Å². The van der Waals surface area contributed by atoms with Gasteiger partial charge in [-0.1, -0.05) is 12.1 Å². The van der Waals surface area contributed by atoms with Gasteiger partial charge in [0.1, 0.15) is 17.2 Å². The SMILES string of the molecule is Cc1cc([NH2+]c2ncsn2)nc(Cc2ccc(F)cc2)n1. The summed E-state index contributed by atoms with van der Waals surface area (Å²) in [5.41, 5.74) is 3.53. The zero-order chi connectivity index (χ0) is 14.7. The Balaban J connectivity index is 1.82. The van der Waals surface area contributed by atoms with Gasteiger partial charge in [-0.3, -0.25) is 0 Å². The molecule has 106 valence electrons. The van der Waals surface area contributed by atoms with E-state index in [1.807, 2.05) is 18.3 Å². The van der Waals surface area contributed by atoms with Crippen LogP contribution in [0.4, 0.5) is 16.2 Å². The minimum atomic E-state index is -0.243. The minimum absolute atomic E-state index is 0.243. The van der Waals surface area contributed by atoms with E-state index in [1.54, 1.807) is 17.6 Å². The van der Waals surface area contributed by atoms with Crippen molar-refractivity contribution in [2.45, 2.75) is 13.3 Å². The predicted octanol–water partition coefficient (Wildman–Crippen LogP) is 1.89. The number of hydrogen-bond donors (Lipinski definition) is 1. The lowest BCUT2D eigenvalue weighted by molar-refractivity contribution is -0.491. The smallest absolute Gasteiger partial charge is 0.237 e. The van der Waals surface area contributed by atoms with Crippen molar-refractivity contribution in [3.05, 3.63) is 58.7 Å². The van der Waals surface area contributed by atoms with E-state index < -0.39 is 0 Å². The summed E-state index contributed by atoms with van der Waals surface area (Å²) < 4.78 is 17.1. The molecule has 0 fully saturated rings. The third-order valence-corrected chi connectivity index (χ3v) is 3.34. The molecular formula is C14H13FN5S+. The number of aryl methyl sites for hydroxylation is 1. The Morgan fingerprint density at radius 1 is 1.19 bits per heavy atom. The Bertz CT molecular complexity index is 728. The van der Waals surface area contributed by atoms with E-state index in [9.17, 15) is 4.39 Å². The molecular weight excluding hydrogens is 289 g/mol. The fraction of sp³-hybridized carbons (Fsp3) is 0.143. The Labute approximate surface area is 125 Å². The molecule has 2 heterocycles. The van der Waals surface area contributed by atoms with Gasteiger partial charge in [0.05, 0.1) is 0 Å². The van der Waals surface area contributed by atoms with Crippen molar-refractivity contribution >= 4 is 23.3 Å². The molecule has 0 unspecified atom stereocenters. The van der Waals surface area contributed by atoms with Crippen LogP contribution in [0.2, 0.25) is 0 Å². The van der Waals surface area contributed by atoms with Gasteiger partial charge in [0.15, 0.2) is 0 Å².